The molecule has 0 spiro atoms. The number of phenols is 1. The van der Waals surface area contributed by atoms with E-state index in [-0.39, 0.29) is 17.9 Å². The van der Waals surface area contributed by atoms with E-state index in [4.69, 9.17) is 11.6 Å². The van der Waals surface area contributed by atoms with E-state index >= 15 is 0 Å². The number of aromatic hydroxyl groups is 1. The third kappa shape index (κ3) is 4.16. The van der Waals surface area contributed by atoms with Crippen LogP contribution in [0.5, 0.6) is 5.75 Å². The van der Waals surface area contributed by atoms with Gasteiger partial charge in [0.05, 0.1) is 0 Å². The molecule has 0 heterocycles. The molecule has 1 fully saturated rings. The fourth-order valence-corrected chi connectivity index (χ4v) is 3.24. The molecule has 0 aromatic heterocycles. The van der Waals surface area contributed by atoms with Crippen LogP contribution in [0.3, 0.4) is 0 Å². The highest BCUT2D eigenvalue weighted by molar-refractivity contribution is 6.30. The van der Waals surface area contributed by atoms with Crippen molar-refractivity contribution in [2.45, 2.75) is 45.6 Å². The van der Waals surface area contributed by atoms with Crippen molar-refractivity contribution in [2.24, 2.45) is 5.92 Å². The van der Waals surface area contributed by atoms with Gasteiger partial charge in [0.1, 0.15) is 5.75 Å². The summed E-state index contributed by atoms with van der Waals surface area (Å²) >= 11 is 6.02. The Labute approximate surface area is 154 Å². The molecular formula is C21H24ClNO2. The van der Waals surface area contributed by atoms with Crippen molar-refractivity contribution in [1.29, 1.82) is 0 Å². The van der Waals surface area contributed by atoms with Gasteiger partial charge in [0.15, 0.2) is 0 Å². The van der Waals surface area contributed by atoms with E-state index in [1.165, 1.54) is 0 Å². The van der Waals surface area contributed by atoms with E-state index in [1.54, 1.807) is 6.07 Å². The van der Waals surface area contributed by atoms with E-state index in [2.05, 4.69) is 6.92 Å². The molecule has 0 aliphatic heterocycles. The maximum atomic E-state index is 12.9. The third-order valence-electron chi connectivity index (χ3n) is 4.85. The Morgan fingerprint density at radius 1 is 1.24 bits per heavy atom. The van der Waals surface area contributed by atoms with E-state index < -0.39 is 0 Å². The lowest BCUT2D eigenvalue weighted by Crippen LogP contribution is -2.42. The molecule has 2 aromatic rings. The number of hydrogen-bond acceptors (Lipinski definition) is 2. The summed E-state index contributed by atoms with van der Waals surface area (Å²) in [6, 6.07) is 13.3. The van der Waals surface area contributed by atoms with Crippen LogP contribution in [0.2, 0.25) is 5.02 Å². The van der Waals surface area contributed by atoms with Crippen molar-refractivity contribution in [3.05, 3.63) is 58.6 Å². The molecule has 0 bridgehead atoms. The van der Waals surface area contributed by atoms with Gasteiger partial charge in [-0.15, -0.1) is 0 Å². The molecule has 0 radical (unpaired) electrons. The first kappa shape index (κ1) is 17.8. The van der Waals surface area contributed by atoms with Crippen LogP contribution in [0.1, 0.15) is 37.3 Å². The monoisotopic (exact) mass is 357 g/mol. The second-order valence-corrected chi connectivity index (χ2v) is 7.28. The normalized spacial score (nSPS) is 15.0. The number of phenolic OH excluding ortho intramolecular Hbond substituents is 1. The first-order valence-electron chi connectivity index (χ1n) is 8.86. The molecule has 1 aliphatic rings. The number of rotatable bonds is 6. The van der Waals surface area contributed by atoms with E-state index in [0.717, 1.165) is 36.1 Å². The molecule has 1 atom stereocenters. The van der Waals surface area contributed by atoms with Crippen molar-refractivity contribution < 1.29 is 9.90 Å². The number of hydrogen-bond donors (Lipinski definition) is 1. The standard InChI is InChI=1S/C21H24ClNO2/c1-3-18(12-15-5-4-14(2)20(24)13-15)23(21(25)16-6-7-16)19-10-8-17(22)9-11-19/h4-5,8-11,13,16,18,24H,3,6-7,12H2,1-2H3. The first-order chi connectivity index (χ1) is 12.0. The van der Waals surface area contributed by atoms with Gasteiger partial charge in [-0.2, -0.15) is 0 Å². The SMILES string of the molecule is CCC(Cc1ccc(C)c(O)c1)N(C(=O)C1CC1)c1ccc(Cl)cc1. The van der Waals surface area contributed by atoms with Gasteiger partial charge in [0.25, 0.3) is 0 Å². The number of halogens is 1. The van der Waals surface area contributed by atoms with Gasteiger partial charge < -0.3 is 10.0 Å². The predicted molar refractivity (Wildman–Crippen MR) is 102 cm³/mol. The quantitative estimate of drug-likeness (QED) is 0.779. The zero-order valence-corrected chi connectivity index (χ0v) is 15.5. The van der Waals surface area contributed by atoms with Gasteiger partial charge in [-0.1, -0.05) is 30.7 Å². The molecular weight excluding hydrogens is 334 g/mol. The molecule has 1 amide bonds. The van der Waals surface area contributed by atoms with Crippen LogP contribution in [0.4, 0.5) is 5.69 Å². The summed E-state index contributed by atoms with van der Waals surface area (Å²) in [4.78, 5) is 14.9. The lowest BCUT2D eigenvalue weighted by molar-refractivity contribution is -0.120. The average Bonchev–Trinajstić information content (AvgIpc) is 3.44. The molecule has 3 rings (SSSR count). The summed E-state index contributed by atoms with van der Waals surface area (Å²) < 4.78 is 0. The average molecular weight is 358 g/mol. The molecule has 3 nitrogen and oxygen atoms in total. The predicted octanol–water partition coefficient (Wildman–Crippen LogP) is 5.12. The van der Waals surface area contributed by atoms with Crippen molar-refractivity contribution >= 4 is 23.2 Å². The van der Waals surface area contributed by atoms with Crippen LogP contribution < -0.4 is 4.90 Å². The number of aryl methyl sites for hydroxylation is 1. The molecule has 2 aromatic carbocycles. The van der Waals surface area contributed by atoms with Gasteiger partial charge in [0.2, 0.25) is 5.91 Å². The third-order valence-corrected chi connectivity index (χ3v) is 5.10. The van der Waals surface area contributed by atoms with Crippen molar-refractivity contribution in [2.75, 3.05) is 4.90 Å². The highest BCUT2D eigenvalue weighted by Gasteiger charge is 2.36. The Kier molecular flexibility index (Phi) is 5.33. The van der Waals surface area contributed by atoms with E-state index in [1.807, 2.05) is 48.2 Å². The smallest absolute Gasteiger partial charge is 0.230 e. The topological polar surface area (TPSA) is 40.5 Å². The van der Waals surface area contributed by atoms with Gasteiger partial charge in [-0.05, 0) is 74.1 Å². The summed E-state index contributed by atoms with van der Waals surface area (Å²) in [6.45, 7) is 3.98. The number of carbonyl (C=O) groups is 1. The van der Waals surface area contributed by atoms with Crippen molar-refractivity contribution in [3.8, 4) is 5.75 Å². The van der Waals surface area contributed by atoms with Crippen molar-refractivity contribution in [1.82, 2.24) is 0 Å². The Morgan fingerprint density at radius 2 is 1.92 bits per heavy atom. The van der Waals surface area contributed by atoms with Gasteiger partial charge >= 0.3 is 0 Å². The second-order valence-electron chi connectivity index (χ2n) is 6.85. The minimum atomic E-state index is 0.0522. The second kappa shape index (κ2) is 7.49. The van der Waals surface area contributed by atoms with E-state index in [0.29, 0.717) is 17.2 Å². The van der Waals surface area contributed by atoms with Crippen LogP contribution >= 0.6 is 11.6 Å². The highest BCUT2D eigenvalue weighted by atomic mass is 35.5. The minimum absolute atomic E-state index is 0.0522. The Morgan fingerprint density at radius 3 is 2.48 bits per heavy atom. The minimum Gasteiger partial charge on any atom is -0.508 e. The number of amides is 1. The summed E-state index contributed by atoms with van der Waals surface area (Å²) in [5.74, 6) is 0.653. The summed E-state index contributed by atoms with van der Waals surface area (Å²) in [7, 11) is 0. The summed E-state index contributed by atoms with van der Waals surface area (Å²) in [6.07, 6.45) is 3.51. The Hall–Kier alpha value is -2.00. The maximum absolute atomic E-state index is 12.9. The number of carbonyl (C=O) groups excluding carboxylic acids is 1. The number of nitrogens with zero attached hydrogens (tertiary/aromatic N) is 1. The lowest BCUT2D eigenvalue weighted by Gasteiger charge is -2.32. The van der Waals surface area contributed by atoms with Crippen LogP contribution in [-0.4, -0.2) is 17.1 Å². The van der Waals surface area contributed by atoms with Crippen LogP contribution in [0.15, 0.2) is 42.5 Å². The summed E-state index contributed by atoms with van der Waals surface area (Å²) in [5.41, 5.74) is 2.79. The van der Waals surface area contributed by atoms with Gasteiger partial charge in [0, 0.05) is 22.7 Å². The van der Waals surface area contributed by atoms with Crippen LogP contribution in [-0.2, 0) is 11.2 Å². The molecule has 4 heteroatoms. The lowest BCUT2D eigenvalue weighted by atomic mass is 9.99. The largest absolute Gasteiger partial charge is 0.508 e. The number of benzene rings is 2. The van der Waals surface area contributed by atoms with Gasteiger partial charge in [-0.3, -0.25) is 4.79 Å². The molecule has 1 N–H and O–H groups in total. The summed E-state index contributed by atoms with van der Waals surface area (Å²) in [5, 5.41) is 10.6. The molecule has 1 aliphatic carbocycles. The fourth-order valence-electron chi connectivity index (χ4n) is 3.12. The molecule has 25 heavy (non-hydrogen) atoms. The van der Waals surface area contributed by atoms with Crippen LogP contribution in [0, 0.1) is 12.8 Å². The van der Waals surface area contributed by atoms with Crippen LogP contribution in [0.25, 0.3) is 0 Å². The fraction of sp³-hybridized carbons (Fsp3) is 0.381. The van der Waals surface area contributed by atoms with Crippen molar-refractivity contribution in [3.63, 3.8) is 0 Å². The molecule has 1 unspecified atom stereocenters. The first-order valence-corrected chi connectivity index (χ1v) is 9.24. The maximum Gasteiger partial charge on any atom is 0.230 e. The zero-order valence-electron chi connectivity index (χ0n) is 14.7. The zero-order chi connectivity index (χ0) is 18.0. The Balaban J connectivity index is 1.89. The molecule has 132 valence electrons. The van der Waals surface area contributed by atoms with Gasteiger partial charge in [-0.25, -0.2) is 0 Å². The molecule has 1 saturated carbocycles. The molecule has 0 saturated heterocycles. The van der Waals surface area contributed by atoms with E-state index in [9.17, 15) is 9.90 Å². The number of anilines is 1. The highest BCUT2D eigenvalue weighted by Crippen LogP contribution is 2.35. The Bertz CT molecular complexity index is 753.